The average Bonchev–Trinajstić information content (AvgIpc) is 2.50. The number of anilines is 1. The van der Waals surface area contributed by atoms with Gasteiger partial charge in [-0.3, -0.25) is 14.9 Å². The number of nitro benzene ring substituents is 1. The Balaban J connectivity index is 2.04. The van der Waals surface area contributed by atoms with Crippen LogP contribution in [0, 0.1) is 24.0 Å². The first-order valence-electron chi connectivity index (χ1n) is 6.84. The molecule has 7 heteroatoms. The van der Waals surface area contributed by atoms with Gasteiger partial charge in [0.1, 0.15) is 11.5 Å². The number of carbonyl (C=O) groups is 1. The third-order valence-corrected chi connectivity index (χ3v) is 3.17. The summed E-state index contributed by atoms with van der Waals surface area (Å²) in [7, 11) is 0. The van der Waals surface area contributed by atoms with Crippen molar-refractivity contribution in [2.24, 2.45) is 0 Å². The molecular weight excluding hydrogens is 300 g/mol. The molecule has 0 fully saturated rings. The molecule has 0 aliphatic carbocycles. The van der Waals surface area contributed by atoms with Crippen LogP contribution < -0.4 is 10.1 Å². The third kappa shape index (κ3) is 4.19. The number of benzene rings is 2. The van der Waals surface area contributed by atoms with E-state index in [2.05, 4.69) is 5.32 Å². The molecule has 0 aliphatic rings. The molecule has 120 valence electrons. The van der Waals surface area contributed by atoms with E-state index in [4.69, 9.17) is 4.74 Å². The maximum absolute atomic E-state index is 11.9. The van der Waals surface area contributed by atoms with Crippen LogP contribution in [0.4, 0.5) is 11.4 Å². The summed E-state index contributed by atoms with van der Waals surface area (Å²) >= 11 is 0. The lowest BCUT2D eigenvalue weighted by Gasteiger charge is -2.11. The van der Waals surface area contributed by atoms with Gasteiger partial charge < -0.3 is 15.2 Å². The minimum absolute atomic E-state index is 0.0336. The van der Waals surface area contributed by atoms with Crippen LogP contribution >= 0.6 is 0 Å². The molecule has 23 heavy (non-hydrogen) atoms. The molecule has 0 unspecified atom stereocenters. The molecule has 2 aromatic rings. The molecule has 0 radical (unpaired) electrons. The van der Waals surface area contributed by atoms with Gasteiger partial charge >= 0.3 is 0 Å². The number of carbonyl (C=O) groups excluding carboxylic acids is 1. The highest BCUT2D eigenvalue weighted by Gasteiger charge is 2.13. The Bertz CT molecular complexity index is 758. The second-order valence-electron chi connectivity index (χ2n) is 5.06. The Hall–Kier alpha value is -3.09. The summed E-state index contributed by atoms with van der Waals surface area (Å²) < 4.78 is 5.44. The molecule has 0 atom stereocenters. The fourth-order valence-electron chi connectivity index (χ4n) is 1.93. The van der Waals surface area contributed by atoms with E-state index >= 15 is 0 Å². The van der Waals surface area contributed by atoms with Gasteiger partial charge in [0, 0.05) is 12.1 Å². The summed E-state index contributed by atoms with van der Waals surface area (Å²) in [4.78, 5) is 22.0. The number of phenols is 1. The van der Waals surface area contributed by atoms with Crippen LogP contribution in [0.25, 0.3) is 0 Å². The first-order valence-corrected chi connectivity index (χ1v) is 6.84. The SMILES string of the molecule is Cc1ccc(C)c(OCC(=O)Nc2cc([N+](=O)[O-])ccc2O)c1. The largest absolute Gasteiger partial charge is 0.506 e. The predicted molar refractivity (Wildman–Crippen MR) is 84.8 cm³/mol. The highest BCUT2D eigenvalue weighted by atomic mass is 16.6. The zero-order valence-corrected chi connectivity index (χ0v) is 12.7. The number of rotatable bonds is 5. The molecule has 0 saturated carbocycles. The lowest BCUT2D eigenvalue weighted by Crippen LogP contribution is -2.20. The van der Waals surface area contributed by atoms with Gasteiger partial charge in [0.2, 0.25) is 0 Å². The molecule has 2 N–H and O–H groups in total. The van der Waals surface area contributed by atoms with Crippen molar-refractivity contribution in [3.63, 3.8) is 0 Å². The van der Waals surface area contributed by atoms with Gasteiger partial charge in [-0.1, -0.05) is 12.1 Å². The van der Waals surface area contributed by atoms with Gasteiger partial charge in [0.05, 0.1) is 10.6 Å². The topological polar surface area (TPSA) is 102 Å². The lowest BCUT2D eigenvalue weighted by molar-refractivity contribution is -0.384. The van der Waals surface area contributed by atoms with E-state index in [-0.39, 0.29) is 23.7 Å². The van der Waals surface area contributed by atoms with Gasteiger partial charge in [-0.2, -0.15) is 0 Å². The number of aryl methyl sites for hydroxylation is 2. The number of amides is 1. The monoisotopic (exact) mass is 316 g/mol. The maximum atomic E-state index is 11.9. The Morgan fingerprint density at radius 2 is 2.00 bits per heavy atom. The zero-order valence-electron chi connectivity index (χ0n) is 12.7. The van der Waals surface area contributed by atoms with Crippen LogP contribution in [0.3, 0.4) is 0 Å². The van der Waals surface area contributed by atoms with Crippen molar-refractivity contribution in [1.82, 2.24) is 0 Å². The molecule has 0 heterocycles. The summed E-state index contributed by atoms with van der Waals surface area (Å²) in [5.41, 5.74) is 1.63. The zero-order chi connectivity index (χ0) is 17.0. The van der Waals surface area contributed by atoms with Crippen LogP contribution in [0.15, 0.2) is 36.4 Å². The molecular formula is C16H16N2O5. The van der Waals surface area contributed by atoms with Gasteiger partial charge in [-0.05, 0) is 37.1 Å². The molecule has 0 spiro atoms. The van der Waals surface area contributed by atoms with Crippen molar-refractivity contribution < 1.29 is 19.6 Å². The standard InChI is InChI=1S/C16H16N2O5/c1-10-3-4-11(2)15(7-10)23-9-16(20)17-13-8-12(18(21)22)5-6-14(13)19/h3-8,19H,9H2,1-2H3,(H,17,20). The van der Waals surface area contributed by atoms with Crippen LogP contribution in [-0.4, -0.2) is 22.5 Å². The number of phenolic OH excluding ortho intramolecular Hbond substituents is 1. The van der Waals surface area contributed by atoms with Gasteiger partial charge in [-0.15, -0.1) is 0 Å². The normalized spacial score (nSPS) is 10.2. The maximum Gasteiger partial charge on any atom is 0.271 e. The number of hydrogen-bond acceptors (Lipinski definition) is 5. The number of nitrogens with zero attached hydrogens (tertiary/aromatic N) is 1. The molecule has 0 aromatic heterocycles. The molecule has 0 bridgehead atoms. The summed E-state index contributed by atoms with van der Waals surface area (Å²) in [6.07, 6.45) is 0. The van der Waals surface area contributed by atoms with Gasteiger partial charge in [-0.25, -0.2) is 0 Å². The van der Waals surface area contributed by atoms with E-state index in [9.17, 15) is 20.0 Å². The van der Waals surface area contributed by atoms with E-state index < -0.39 is 10.8 Å². The van der Waals surface area contributed by atoms with Crippen molar-refractivity contribution in [3.05, 3.63) is 57.6 Å². The highest BCUT2D eigenvalue weighted by molar-refractivity contribution is 5.93. The molecule has 7 nitrogen and oxygen atoms in total. The third-order valence-electron chi connectivity index (χ3n) is 3.17. The quantitative estimate of drug-likeness (QED) is 0.501. The Kier molecular flexibility index (Phi) is 4.80. The van der Waals surface area contributed by atoms with Crippen molar-refractivity contribution in [3.8, 4) is 11.5 Å². The molecule has 2 aromatic carbocycles. The van der Waals surface area contributed by atoms with E-state index in [1.807, 2.05) is 32.0 Å². The van der Waals surface area contributed by atoms with Crippen molar-refractivity contribution >= 4 is 17.3 Å². The Labute approximate surface area is 132 Å². The minimum atomic E-state index is -0.609. The van der Waals surface area contributed by atoms with Crippen molar-refractivity contribution in [2.45, 2.75) is 13.8 Å². The van der Waals surface area contributed by atoms with Crippen LogP contribution in [-0.2, 0) is 4.79 Å². The molecule has 1 amide bonds. The van der Waals surface area contributed by atoms with Gasteiger partial charge in [0.25, 0.3) is 11.6 Å². The molecule has 0 saturated heterocycles. The highest BCUT2D eigenvalue weighted by Crippen LogP contribution is 2.27. The van der Waals surface area contributed by atoms with Crippen molar-refractivity contribution in [2.75, 3.05) is 11.9 Å². The van der Waals surface area contributed by atoms with E-state index in [0.717, 1.165) is 29.3 Å². The summed E-state index contributed by atoms with van der Waals surface area (Å²) in [5.74, 6) is -0.194. The smallest absolute Gasteiger partial charge is 0.271 e. The number of nitro groups is 1. The fourth-order valence-corrected chi connectivity index (χ4v) is 1.93. The molecule has 2 rings (SSSR count). The number of aromatic hydroxyl groups is 1. The van der Waals surface area contributed by atoms with Crippen LogP contribution in [0.2, 0.25) is 0 Å². The lowest BCUT2D eigenvalue weighted by atomic mass is 10.1. The summed E-state index contributed by atoms with van der Waals surface area (Å²) in [6.45, 7) is 3.50. The Morgan fingerprint density at radius 1 is 1.26 bits per heavy atom. The molecule has 0 aliphatic heterocycles. The van der Waals surface area contributed by atoms with Crippen molar-refractivity contribution in [1.29, 1.82) is 0 Å². The number of nitrogens with one attached hydrogen (secondary N) is 1. The minimum Gasteiger partial charge on any atom is -0.506 e. The number of hydrogen-bond donors (Lipinski definition) is 2. The second-order valence-corrected chi connectivity index (χ2v) is 5.06. The Morgan fingerprint density at radius 3 is 2.70 bits per heavy atom. The number of non-ortho nitro benzene ring substituents is 1. The second kappa shape index (κ2) is 6.78. The van der Waals surface area contributed by atoms with Gasteiger partial charge in [0.15, 0.2) is 6.61 Å². The van der Waals surface area contributed by atoms with Crippen LogP contribution in [0.5, 0.6) is 11.5 Å². The predicted octanol–water partition coefficient (Wildman–Crippen LogP) is 2.93. The van der Waals surface area contributed by atoms with E-state index in [1.54, 1.807) is 0 Å². The first-order chi connectivity index (χ1) is 10.9. The summed E-state index contributed by atoms with van der Waals surface area (Å²) in [5, 5.41) is 22.8. The van der Waals surface area contributed by atoms with E-state index in [1.165, 1.54) is 0 Å². The fraction of sp³-hybridized carbons (Fsp3) is 0.188. The van der Waals surface area contributed by atoms with E-state index in [0.29, 0.717) is 5.75 Å². The summed E-state index contributed by atoms with van der Waals surface area (Å²) in [6, 6.07) is 9.02. The average molecular weight is 316 g/mol. The van der Waals surface area contributed by atoms with Crippen LogP contribution in [0.1, 0.15) is 11.1 Å². The number of ether oxygens (including phenoxy) is 1. The first kappa shape index (κ1) is 16.3.